The number of nitrogens with one attached hydrogen (secondary N) is 2. The highest BCUT2D eigenvalue weighted by molar-refractivity contribution is 5.95. The van der Waals surface area contributed by atoms with Crippen LogP contribution in [0.25, 0.3) is 0 Å². The predicted molar refractivity (Wildman–Crippen MR) is 101 cm³/mol. The van der Waals surface area contributed by atoms with E-state index in [1.807, 2.05) is 0 Å². The molecular weight excluding hydrogens is 364 g/mol. The molecule has 0 saturated heterocycles. The third kappa shape index (κ3) is 4.13. The summed E-state index contributed by atoms with van der Waals surface area (Å²) in [7, 11) is 2.90. The molecule has 2 aromatic rings. The second-order valence-electron chi connectivity index (χ2n) is 6.28. The zero-order valence-corrected chi connectivity index (χ0v) is 16.0. The molecule has 1 aromatic heterocycles. The van der Waals surface area contributed by atoms with Gasteiger partial charge in [0.2, 0.25) is 5.75 Å². The molecule has 0 aliphatic heterocycles. The van der Waals surface area contributed by atoms with Crippen molar-refractivity contribution >= 4 is 18.1 Å². The molecule has 0 fully saturated rings. The van der Waals surface area contributed by atoms with Crippen LogP contribution in [0, 0.1) is 0 Å². The molecule has 0 bridgehead atoms. The van der Waals surface area contributed by atoms with Gasteiger partial charge in [-0.15, -0.1) is 0 Å². The third-order valence-corrected chi connectivity index (χ3v) is 4.38. The normalized spacial score (nSPS) is 13.1. The standard InChI is InChI=1S/C19H22N4O5/c1-11(24)28-18-15(26-2)8-12(9-16(18)27-3)10-20-23-19(25)17-13-6-4-5-7-14(13)21-22-17/h8-10H,4-7H2,1-3H3,(H,21,22)(H,23,25)/b20-10+. The molecule has 0 atom stereocenters. The van der Waals surface area contributed by atoms with Gasteiger partial charge in [-0.05, 0) is 37.8 Å². The molecule has 0 unspecified atom stereocenters. The molecule has 1 amide bonds. The Hall–Kier alpha value is -3.36. The maximum absolute atomic E-state index is 12.4. The van der Waals surface area contributed by atoms with Gasteiger partial charge in [0.25, 0.3) is 5.91 Å². The summed E-state index contributed by atoms with van der Waals surface area (Å²) in [6.45, 7) is 1.29. The largest absolute Gasteiger partial charge is 0.493 e. The molecule has 0 spiro atoms. The molecule has 1 heterocycles. The zero-order valence-electron chi connectivity index (χ0n) is 16.0. The number of aromatic amines is 1. The average Bonchev–Trinajstić information content (AvgIpc) is 3.12. The van der Waals surface area contributed by atoms with Crippen LogP contribution in [-0.4, -0.2) is 42.5 Å². The van der Waals surface area contributed by atoms with Crippen LogP contribution in [0.1, 0.15) is 47.1 Å². The maximum atomic E-state index is 12.4. The van der Waals surface area contributed by atoms with E-state index in [1.54, 1.807) is 12.1 Å². The third-order valence-electron chi connectivity index (χ3n) is 4.38. The lowest BCUT2D eigenvalue weighted by atomic mass is 9.96. The van der Waals surface area contributed by atoms with Crippen LogP contribution in [0.15, 0.2) is 17.2 Å². The number of carbonyl (C=O) groups excluding carboxylic acids is 2. The van der Waals surface area contributed by atoms with Gasteiger partial charge in [-0.3, -0.25) is 14.7 Å². The number of hydrogen-bond donors (Lipinski definition) is 2. The number of hydrogen-bond acceptors (Lipinski definition) is 7. The first-order valence-electron chi connectivity index (χ1n) is 8.87. The quantitative estimate of drug-likeness (QED) is 0.340. The van der Waals surface area contributed by atoms with Crippen LogP contribution in [0.2, 0.25) is 0 Å². The van der Waals surface area contributed by atoms with Crippen molar-refractivity contribution in [2.75, 3.05) is 14.2 Å². The summed E-state index contributed by atoms with van der Waals surface area (Å²) >= 11 is 0. The van der Waals surface area contributed by atoms with E-state index in [1.165, 1.54) is 27.4 Å². The van der Waals surface area contributed by atoms with E-state index in [0.717, 1.165) is 36.9 Å². The molecule has 9 nitrogen and oxygen atoms in total. The highest BCUT2D eigenvalue weighted by atomic mass is 16.6. The van der Waals surface area contributed by atoms with Crippen LogP contribution >= 0.6 is 0 Å². The number of benzene rings is 1. The fraction of sp³-hybridized carbons (Fsp3) is 0.368. The minimum atomic E-state index is -0.493. The van der Waals surface area contributed by atoms with Crippen LogP contribution in [0.3, 0.4) is 0 Å². The van der Waals surface area contributed by atoms with Gasteiger partial charge in [0.15, 0.2) is 17.2 Å². The molecule has 1 aliphatic rings. The van der Waals surface area contributed by atoms with E-state index >= 15 is 0 Å². The number of fused-ring (bicyclic) bond motifs is 1. The molecule has 0 radical (unpaired) electrons. The summed E-state index contributed by atoms with van der Waals surface area (Å²) in [4.78, 5) is 23.7. The van der Waals surface area contributed by atoms with Gasteiger partial charge in [0.05, 0.1) is 20.4 Å². The molecule has 148 valence electrons. The number of esters is 1. The summed E-state index contributed by atoms with van der Waals surface area (Å²) in [6, 6.07) is 3.24. The van der Waals surface area contributed by atoms with Crippen LogP contribution in [0.5, 0.6) is 17.2 Å². The predicted octanol–water partition coefficient (Wildman–Crippen LogP) is 1.99. The van der Waals surface area contributed by atoms with Crippen LogP contribution in [-0.2, 0) is 17.6 Å². The molecule has 3 rings (SSSR count). The average molecular weight is 386 g/mol. The Morgan fingerprint density at radius 1 is 1.18 bits per heavy atom. The van der Waals surface area contributed by atoms with E-state index < -0.39 is 5.97 Å². The van der Waals surface area contributed by atoms with Crippen molar-refractivity contribution < 1.29 is 23.8 Å². The number of rotatable bonds is 6. The van der Waals surface area contributed by atoms with Gasteiger partial charge in [0, 0.05) is 23.7 Å². The van der Waals surface area contributed by atoms with Gasteiger partial charge < -0.3 is 14.2 Å². The number of aromatic nitrogens is 2. The van der Waals surface area contributed by atoms with Crippen molar-refractivity contribution in [3.8, 4) is 17.2 Å². The Bertz CT molecular complexity index is 894. The number of nitrogens with zero attached hydrogens (tertiary/aromatic N) is 2. The first kappa shape index (κ1) is 19.4. The Balaban J connectivity index is 1.76. The topological polar surface area (TPSA) is 115 Å². The second-order valence-corrected chi connectivity index (χ2v) is 6.28. The van der Waals surface area contributed by atoms with E-state index in [4.69, 9.17) is 14.2 Å². The summed E-state index contributed by atoms with van der Waals surface area (Å²) in [5.74, 6) is -0.0621. The lowest BCUT2D eigenvalue weighted by Crippen LogP contribution is -2.20. The minimum absolute atomic E-state index is 0.182. The van der Waals surface area contributed by atoms with Gasteiger partial charge in [-0.2, -0.15) is 10.2 Å². The Labute approximate surface area is 162 Å². The summed E-state index contributed by atoms with van der Waals surface area (Å²) in [5.41, 5.74) is 5.45. The van der Waals surface area contributed by atoms with Crippen molar-refractivity contribution in [1.82, 2.24) is 15.6 Å². The maximum Gasteiger partial charge on any atom is 0.308 e. The summed E-state index contributed by atoms with van der Waals surface area (Å²) < 4.78 is 15.7. The van der Waals surface area contributed by atoms with E-state index in [-0.39, 0.29) is 11.7 Å². The van der Waals surface area contributed by atoms with Crippen LogP contribution in [0.4, 0.5) is 0 Å². The van der Waals surface area contributed by atoms with E-state index in [9.17, 15) is 9.59 Å². The number of ether oxygens (including phenoxy) is 3. The number of carbonyl (C=O) groups is 2. The van der Waals surface area contributed by atoms with Crippen LogP contribution < -0.4 is 19.6 Å². The van der Waals surface area contributed by atoms with Crippen molar-refractivity contribution in [1.29, 1.82) is 0 Å². The molecular formula is C19H22N4O5. The van der Waals surface area contributed by atoms with Gasteiger partial charge in [-0.1, -0.05) is 0 Å². The second kappa shape index (κ2) is 8.55. The summed E-state index contributed by atoms with van der Waals surface area (Å²) in [6.07, 6.45) is 5.34. The first-order chi connectivity index (χ1) is 13.5. The molecule has 2 N–H and O–H groups in total. The smallest absolute Gasteiger partial charge is 0.308 e. The molecule has 28 heavy (non-hydrogen) atoms. The summed E-state index contributed by atoms with van der Waals surface area (Å²) in [5, 5.41) is 11.0. The monoisotopic (exact) mass is 386 g/mol. The first-order valence-corrected chi connectivity index (χ1v) is 8.87. The van der Waals surface area contributed by atoms with Gasteiger partial charge in [0.1, 0.15) is 0 Å². The van der Waals surface area contributed by atoms with E-state index in [0.29, 0.717) is 22.8 Å². The van der Waals surface area contributed by atoms with Crippen molar-refractivity contribution in [2.45, 2.75) is 32.6 Å². The zero-order chi connectivity index (χ0) is 20.1. The lowest BCUT2D eigenvalue weighted by molar-refractivity contribution is -0.132. The Kier molecular flexibility index (Phi) is 5.93. The van der Waals surface area contributed by atoms with E-state index in [2.05, 4.69) is 20.7 Å². The Morgan fingerprint density at radius 3 is 2.50 bits per heavy atom. The number of H-pyrrole nitrogens is 1. The Morgan fingerprint density at radius 2 is 1.86 bits per heavy atom. The van der Waals surface area contributed by atoms with Crippen molar-refractivity contribution in [3.63, 3.8) is 0 Å². The molecule has 1 aliphatic carbocycles. The van der Waals surface area contributed by atoms with Crippen molar-refractivity contribution in [3.05, 3.63) is 34.6 Å². The highest BCUT2D eigenvalue weighted by Gasteiger charge is 2.21. The van der Waals surface area contributed by atoms with Gasteiger partial charge >= 0.3 is 5.97 Å². The fourth-order valence-electron chi connectivity index (χ4n) is 3.11. The fourth-order valence-corrected chi connectivity index (χ4v) is 3.11. The van der Waals surface area contributed by atoms with Crippen molar-refractivity contribution in [2.24, 2.45) is 5.10 Å². The van der Waals surface area contributed by atoms with Gasteiger partial charge in [-0.25, -0.2) is 5.43 Å². The molecule has 1 aromatic carbocycles. The number of methoxy groups -OCH3 is 2. The highest BCUT2D eigenvalue weighted by Crippen LogP contribution is 2.38. The number of amides is 1. The minimum Gasteiger partial charge on any atom is -0.493 e. The SMILES string of the molecule is COc1cc(/C=N/NC(=O)c2n[nH]c3c2CCCC3)cc(OC)c1OC(C)=O. The number of aryl methyl sites for hydroxylation is 1. The lowest BCUT2D eigenvalue weighted by Gasteiger charge is -2.13. The molecule has 9 heteroatoms. The number of hydrazone groups is 1. The molecule has 0 saturated carbocycles.